The summed E-state index contributed by atoms with van der Waals surface area (Å²) in [5.41, 5.74) is 8.18. The predicted octanol–water partition coefficient (Wildman–Crippen LogP) is 2.87. The average molecular weight is 468 g/mol. The van der Waals surface area contributed by atoms with Crippen LogP contribution < -0.4 is 16.2 Å². The van der Waals surface area contributed by atoms with Crippen molar-refractivity contribution in [1.29, 1.82) is 0 Å². The van der Waals surface area contributed by atoms with Gasteiger partial charge in [0.15, 0.2) is 11.5 Å². The standard InChI is InChI=1S/C25H37N7O2/c1-3-4-17-34-24-28-22(26)21-23(29-24)32(25(33)27-21)14-8-13-31(18-19-9-6-5-7-10-19)20-11-15-30(2)16-12-20/h5-7,9-10,20H,3-4,8,11-18H2,1-2H3,(H,27,33)(H2,26,28,29). The number of aryl methyl sites for hydroxylation is 1. The Kier molecular flexibility index (Phi) is 8.18. The molecule has 34 heavy (non-hydrogen) atoms. The lowest BCUT2D eigenvalue weighted by Crippen LogP contribution is -2.44. The zero-order chi connectivity index (χ0) is 23.9. The van der Waals surface area contributed by atoms with Gasteiger partial charge in [0, 0.05) is 25.7 Å². The van der Waals surface area contributed by atoms with Gasteiger partial charge < -0.3 is 20.4 Å². The van der Waals surface area contributed by atoms with Crippen LogP contribution in [-0.4, -0.2) is 68.6 Å². The van der Waals surface area contributed by atoms with Gasteiger partial charge in [-0.25, -0.2) is 4.79 Å². The number of nitrogens with two attached hydrogens (primary N) is 1. The minimum Gasteiger partial charge on any atom is -0.463 e. The molecular weight excluding hydrogens is 430 g/mol. The number of nitrogen functional groups attached to an aromatic ring is 1. The predicted molar refractivity (Wildman–Crippen MR) is 135 cm³/mol. The molecule has 0 bridgehead atoms. The Morgan fingerprint density at radius 2 is 1.94 bits per heavy atom. The van der Waals surface area contributed by atoms with Crippen molar-refractivity contribution in [2.45, 2.75) is 58.2 Å². The number of likely N-dealkylation sites (tertiary alicyclic amines) is 1. The first kappa shape index (κ1) is 24.2. The molecule has 9 nitrogen and oxygen atoms in total. The minimum atomic E-state index is -0.212. The highest BCUT2D eigenvalue weighted by Crippen LogP contribution is 2.21. The molecule has 184 valence electrons. The lowest BCUT2D eigenvalue weighted by molar-refractivity contribution is 0.112. The zero-order valence-electron chi connectivity index (χ0n) is 20.4. The molecule has 1 aliphatic rings. The maximum Gasteiger partial charge on any atom is 0.327 e. The summed E-state index contributed by atoms with van der Waals surface area (Å²) < 4.78 is 7.32. The van der Waals surface area contributed by atoms with Crippen molar-refractivity contribution in [3.63, 3.8) is 0 Å². The molecule has 0 atom stereocenters. The van der Waals surface area contributed by atoms with Crippen LogP contribution in [0.2, 0.25) is 0 Å². The monoisotopic (exact) mass is 467 g/mol. The van der Waals surface area contributed by atoms with Gasteiger partial charge in [0.2, 0.25) is 0 Å². The van der Waals surface area contributed by atoms with Crippen molar-refractivity contribution in [3.05, 3.63) is 46.4 Å². The van der Waals surface area contributed by atoms with Gasteiger partial charge in [0.1, 0.15) is 5.52 Å². The summed E-state index contributed by atoms with van der Waals surface area (Å²) in [6, 6.07) is 11.4. The molecule has 0 unspecified atom stereocenters. The smallest absolute Gasteiger partial charge is 0.327 e. The number of piperidine rings is 1. The van der Waals surface area contributed by atoms with Crippen molar-refractivity contribution in [3.8, 4) is 6.01 Å². The number of H-pyrrole nitrogens is 1. The molecule has 0 radical (unpaired) electrons. The van der Waals surface area contributed by atoms with E-state index in [1.54, 1.807) is 4.57 Å². The van der Waals surface area contributed by atoms with Crippen LogP contribution in [-0.2, 0) is 13.1 Å². The fraction of sp³-hybridized carbons (Fsp3) is 0.560. The molecule has 1 aliphatic heterocycles. The van der Waals surface area contributed by atoms with Crippen LogP contribution in [0.15, 0.2) is 35.1 Å². The molecule has 9 heteroatoms. The van der Waals surface area contributed by atoms with Gasteiger partial charge in [-0.15, -0.1) is 0 Å². The van der Waals surface area contributed by atoms with Crippen molar-refractivity contribution < 1.29 is 4.74 Å². The van der Waals surface area contributed by atoms with Crippen LogP contribution in [0.5, 0.6) is 6.01 Å². The molecule has 4 rings (SSSR count). The number of hydrogen-bond donors (Lipinski definition) is 2. The van der Waals surface area contributed by atoms with Gasteiger partial charge in [-0.05, 0) is 51.4 Å². The Morgan fingerprint density at radius 3 is 2.68 bits per heavy atom. The third-order valence-electron chi connectivity index (χ3n) is 6.62. The number of imidazole rings is 1. The average Bonchev–Trinajstić information content (AvgIpc) is 3.15. The molecule has 0 saturated carbocycles. The summed E-state index contributed by atoms with van der Waals surface area (Å²) in [6.07, 6.45) is 5.10. The molecule has 1 fully saturated rings. The van der Waals surface area contributed by atoms with Crippen molar-refractivity contribution >= 4 is 17.0 Å². The maximum absolute atomic E-state index is 12.7. The number of hydrogen-bond acceptors (Lipinski definition) is 7. The highest BCUT2D eigenvalue weighted by atomic mass is 16.5. The first-order chi connectivity index (χ1) is 16.5. The number of nitrogens with zero attached hydrogens (tertiary/aromatic N) is 5. The fourth-order valence-corrected chi connectivity index (χ4v) is 4.61. The molecule has 1 aromatic carbocycles. The molecule has 3 heterocycles. The third kappa shape index (κ3) is 5.95. The van der Waals surface area contributed by atoms with E-state index in [-0.39, 0.29) is 17.5 Å². The van der Waals surface area contributed by atoms with Crippen LogP contribution in [0.25, 0.3) is 11.2 Å². The van der Waals surface area contributed by atoms with Crippen molar-refractivity contribution in [1.82, 2.24) is 29.3 Å². The first-order valence-corrected chi connectivity index (χ1v) is 12.4. The van der Waals surface area contributed by atoms with Gasteiger partial charge in [0.05, 0.1) is 6.61 Å². The van der Waals surface area contributed by atoms with E-state index in [1.807, 2.05) is 0 Å². The normalized spacial score (nSPS) is 15.4. The molecule has 0 spiro atoms. The van der Waals surface area contributed by atoms with E-state index in [4.69, 9.17) is 10.5 Å². The van der Waals surface area contributed by atoms with Gasteiger partial charge in [-0.2, -0.15) is 9.97 Å². The van der Waals surface area contributed by atoms with E-state index in [9.17, 15) is 4.79 Å². The van der Waals surface area contributed by atoms with Crippen LogP contribution in [0.1, 0.15) is 44.6 Å². The van der Waals surface area contributed by atoms with E-state index >= 15 is 0 Å². The van der Waals surface area contributed by atoms with Crippen LogP contribution in [0.3, 0.4) is 0 Å². The number of anilines is 1. The Hall–Kier alpha value is -2.91. The number of unbranched alkanes of at least 4 members (excludes halogenated alkanes) is 1. The Morgan fingerprint density at radius 1 is 1.18 bits per heavy atom. The Bertz CT molecular complexity index is 1100. The SMILES string of the molecule is CCCCOc1nc(N)c2[nH]c(=O)n(CCCN(Cc3ccccc3)C3CCN(C)CC3)c2n1. The van der Waals surface area contributed by atoms with Crippen LogP contribution >= 0.6 is 0 Å². The molecule has 2 aromatic heterocycles. The zero-order valence-corrected chi connectivity index (χ0v) is 20.4. The topological polar surface area (TPSA) is 105 Å². The second kappa shape index (κ2) is 11.5. The molecule has 3 N–H and O–H groups in total. The number of rotatable bonds is 11. The summed E-state index contributed by atoms with van der Waals surface area (Å²) in [7, 11) is 2.19. The Balaban J connectivity index is 1.47. The van der Waals surface area contributed by atoms with Gasteiger partial charge in [0.25, 0.3) is 0 Å². The number of aromatic nitrogens is 4. The molecule has 0 aliphatic carbocycles. The number of aromatic amines is 1. The number of fused-ring (bicyclic) bond motifs is 1. The second-order valence-corrected chi connectivity index (χ2v) is 9.22. The highest BCUT2D eigenvalue weighted by Gasteiger charge is 2.23. The van der Waals surface area contributed by atoms with E-state index in [0.717, 1.165) is 45.4 Å². The summed E-state index contributed by atoms with van der Waals surface area (Å²) in [4.78, 5) is 29.2. The quantitative estimate of drug-likeness (QED) is 0.418. The van der Waals surface area contributed by atoms with Crippen molar-refractivity contribution in [2.24, 2.45) is 0 Å². The van der Waals surface area contributed by atoms with Gasteiger partial charge >= 0.3 is 11.7 Å². The van der Waals surface area contributed by atoms with Gasteiger partial charge in [-0.3, -0.25) is 9.47 Å². The van der Waals surface area contributed by atoms with Gasteiger partial charge in [-0.1, -0.05) is 43.7 Å². The second-order valence-electron chi connectivity index (χ2n) is 9.22. The van der Waals surface area contributed by atoms with Crippen LogP contribution in [0, 0.1) is 0 Å². The number of nitrogens with one attached hydrogen (secondary N) is 1. The Labute approximate surface area is 200 Å². The first-order valence-electron chi connectivity index (χ1n) is 12.4. The third-order valence-corrected chi connectivity index (χ3v) is 6.62. The van der Waals surface area contributed by atoms with E-state index in [0.29, 0.717) is 30.4 Å². The van der Waals surface area contributed by atoms with Crippen molar-refractivity contribution in [2.75, 3.05) is 39.0 Å². The van der Waals surface area contributed by atoms with E-state index < -0.39 is 0 Å². The largest absolute Gasteiger partial charge is 0.463 e. The lowest BCUT2D eigenvalue weighted by Gasteiger charge is -2.37. The number of benzene rings is 1. The summed E-state index contributed by atoms with van der Waals surface area (Å²) in [5, 5.41) is 0. The molecular formula is C25H37N7O2. The molecule has 0 amide bonds. The molecule has 3 aromatic rings. The fourth-order valence-electron chi connectivity index (χ4n) is 4.61. The van der Waals surface area contributed by atoms with E-state index in [2.05, 4.69) is 69.1 Å². The highest BCUT2D eigenvalue weighted by molar-refractivity contribution is 5.81. The lowest BCUT2D eigenvalue weighted by atomic mass is 10.0. The maximum atomic E-state index is 12.7. The van der Waals surface area contributed by atoms with Crippen LogP contribution in [0.4, 0.5) is 5.82 Å². The summed E-state index contributed by atoms with van der Waals surface area (Å²) >= 11 is 0. The molecule has 1 saturated heterocycles. The minimum absolute atomic E-state index is 0.212. The summed E-state index contributed by atoms with van der Waals surface area (Å²) in [6.45, 7) is 7.25. The number of ether oxygens (including phenoxy) is 1. The van der Waals surface area contributed by atoms with E-state index in [1.165, 1.54) is 18.4 Å². The summed E-state index contributed by atoms with van der Waals surface area (Å²) in [5.74, 6) is 0.240.